The summed E-state index contributed by atoms with van der Waals surface area (Å²) in [6, 6.07) is 5.80. The van der Waals surface area contributed by atoms with E-state index in [4.69, 9.17) is 4.74 Å². The molecule has 2 rings (SSSR count). The minimum atomic E-state index is 0. The Kier molecular flexibility index (Phi) is 9.04. The molecule has 0 bridgehead atoms. The van der Waals surface area contributed by atoms with Crippen molar-refractivity contribution in [1.29, 1.82) is 0 Å². The van der Waals surface area contributed by atoms with Crippen molar-refractivity contribution >= 4 is 41.7 Å². The van der Waals surface area contributed by atoms with Gasteiger partial charge in [-0.1, -0.05) is 19.9 Å². The Bertz CT molecular complexity index is 513. The van der Waals surface area contributed by atoms with Gasteiger partial charge in [-0.15, -0.1) is 24.0 Å². The van der Waals surface area contributed by atoms with Gasteiger partial charge in [0.15, 0.2) is 5.96 Å². The maximum absolute atomic E-state index is 5.16. The molecule has 1 fully saturated rings. The van der Waals surface area contributed by atoms with Crippen molar-refractivity contribution in [2.75, 3.05) is 33.0 Å². The van der Waals surface area contributed by atoms with Crippen molar-refractivity contribution in [2.45, 2.75) is 25.6 Å². The molecule has 1 atom stereocenters. The summed E-state index contributed by atoms with van der Waals surface area (Å²) in [4.78, 5) is 11.2. The molecule has 0 radical (unpaired) electrons. The van der Waals surface area contributed by atoms with E-state index in [0.29, 0.717) is 23.6 Å². The van der Waals surface area contributed by atoms with Crippen LogP contribution >= 0.6 is 35.7 Å². The van der Waals surface area contributed by atoms with E-state index in [0.717, 1.165) is 30.5 Å². The Hall–Kier alpha value is -0.700. The molecule has 7 heteroatoms. The molecule has 0 spiro atoms. The highest BCUT2D eigenvalue weighted by atomic mass is 127. The molecule has 0 aliphatic carbocycles. The molecule has 0 saturated carbocycles. The highest BCUT2D eigenvalue weighted by Crippen LogP contribution is 2.24. The van der Waals surface area contributed by atoms with Crippen LogP contribution in [0, 0.1) is 5.92 Å². The number of aromatic nitrogens is 1. The molecule has 0 aromatic carbocycles. The number of aliphatic imine (C=N–C) groups is 1. The van der Waals surface area contributed by atoms with Crippen molar-refractivity contribution in [1.82, 2.24) is 15.2 Å². The maximum Gasteiger partial charge on any atom is 0.213 e. The summed E-state index contributed by atoms with van der Waals surface area (Å²) in [7, 11) is 3.48. The van der Waals surface area contributed by atoms with E-state index in [1.807, 2.05) is 25.2 Å². The average molecular weight is 450 g/mol. The van der Waals surface area contributed by atoms with E-state index in [1.54, 1.807) is 7.11 Å². The van der Waals surface area contributed by atoms with Crippen molar-refractivity contribution in [2.24, 2.45) is 10.9 Å². The van der Waals surface area contributed by atoms with Crippen LogP contribution in [-0.2, 0) is 6.54 Å². The molecule has 5 nitrogen and oxygen atoms in total. The minimum absolute atomic E-state index is 0. The fourth-order valence-corrected chi connectivity index (χ4v) is 3.74. The molecule has 1 unspecified atom stereocenters. The lowest BCUT2D eigenvalue weighted by Crippen LogP contribution is -2.48. The molecule has 23 heavy (non-hydrogen) atoms. The van der Waals surface area contributed by atoms with Crippen molar-refractivity contribution in [3.8, 4) is 5.88 Å². The van der Waals surface area contributed by atoms with Crippen LogP contribution in [0.3, 0.4) is 0 Å². The third-order valence-electron chi connectivity index (χ3n) is 3.77. The van der Waals surface area contributed by atoms with E-state index in [-0.39, 0.29) is 24.0 Å². The monoisotopic (exact) mass is 450 g/mol. The maximum atomic E-state index is 5.16. The highest BCUT2D eigenvalue weighted by Gasteiger charge is 2.24. The SMILES string of the molecule is CN=C(NCc1cccc(OC)n1)N1CCSC(C(C)C)C1.I. The van der Waals surface area contributed by atoms with Crippen LogP contribution < -0.4 is 10.1 Å². The number of pyridine rings is 1. The summed E-state index contributed by atoms with van der Waals surface area (Å²) < 4.78 is 5.16. The number of ether oxygens (including phenoxy) is 1. The molecule has 1 aliphatic heterocycles. The van der Waals surface area contributed by atoms with E-state index < -0.39 is 0 Å². The number of rotatable bonds is 4. The first-order chi connectivity index (χ1) is 10.6. The summed E-state index contributed by atoms with van der Waals surface area (Å²) in [5.74, 6) is 3.44. The molecule has 130 valence electrons. The first-order valence-electron chi connectivity index (χ1n) is 7.71. The largest absolute Gasteiger partial charge is 0.481 e. The van der Waals surface area contributed by atoms with Crippen LogP contribution in [0.1, 0.15) is 19.5 Å². The van der Waals surface area contributed by atoms with Crippen LogP contribution in [-0.4, -0.2) is 54.1 Å². The Morgan fingerprint density at radius 1 is 1.52 bits per heavy atom. The van der Waals surface area contributed by atoms with Crippen LogP contribution in [0.2, 0.25) is 0 Å². The van der Waals surface area contributed by atoms with Gasteiger partial charge >= 0.3 is 0 Å². The first-order valence-corrected chi connectivity index (χ1v) is 8.76. The fraction of sp³-hybridized carbons (Fsp3) is 0.625. The normalized spacial score (nSPS) is 18.6. The lowest BCUT2D eigenvalue weighted by Gasteiger charge is -2.36. The number of nitrogens with one attached hydrogen (secondary N) is 1. The summed E-state index contributed by atoms with van der Waals surface area (Å²) in [5, 5.41) is 4.08. The summed E-state index contributed by atoms with van der Waals surface area (Å²) >= 11 is 2.07. The number of methoxy groups -OCH3 is 1. The number of guanidine groups is 1. The van der Waals surface area contributed by atoms with Gasteiger partial charge in [0, 0.05) is 37.2 Å². The molecule has 1 saturated heterocycles. The minimum Gasteiger partial charge on any atom is -0.481 e. The number of thioether (sulfide) groups is 1. The summed E-state index contributed by atoms with van der Waals surface area (Å²) in [5.41, 5.74) is 0.951. The molecule has 0 amide bonds. The van der Waals surface area contributed by atoms with Gasteiger partial charge in [-0.2, -0.15) is 11.8 Å². The van der Waals surface area contributed by atoms with Crippen LogP contribution in [0.15, 0.2) is 23.2 Å². The van der Waals surface area contributed by atoms with Crippen molar-refractivity contribution in [3.05, 3.63) is 23.9 Å². The zero-order chi connectivity index (χ0) is 15.9. The standard InChI is InChI=1S/C16H26N4OS.HI/c1-12(2)14-11-20(8-9-22-14)16(17-3)18-10-13-6-5-7-15(19-13)21-4;/h5-7,12,14H,8-11H2,1-4H3,(H,17,18);1H. The Balaban J connectivity index is 0.00000264. The zero-order valence-corrected chi connectivity index (χ0v) is 17.4. The average Bonchev–Trinajstić information content (AvgIpc) is 2.56. The second kappa shape index (κ2) is 10.2. The van der Waals surface area contributed by atoms with Gasteiger partial charge in [-0.05, 0) is 12.0 Å². The Labute approximate surface area is 160 Å². The lowest BCUT2D eigenvalue weighted by atomic mass is 10.1. The topological polar surface area (TPSA) is 49.8 Å². The lowest BCUT2D eigenvalue weighted by molar-refractivity contribution is 0.379. The zero-order valence-electron chi connectivity index (χ0n) is 14.3. The number of hydrogen-bond acceptors (Lipinski definition) is 4. The molecule has 2 heterocycles. The van der Waals surface area contributed by atoms with E-state index in [9.17, 15) is 0 Å². The predicted molar refractivity (Wildman–Crippen MR) is 109 cm³/mol. The molecular formula is C16H27IN4OS. The first kappa shape index (κ1) is 20.3. The van der Waals surface area contributed by atoms with Gasteiger partial charge in [-0.25, -0.2) is 4.98 Å². The molecular weight excluding hydrogens is 423 g/mol. The van der Waals surface area contributed by atoms with Crippen molar-refractivity contribution in [3.63, 3.8) is 0 Å². The third-order valence-corrected chi connectivity index (χ3v) is 5.31. The van der Waals surface area contributed by atoms with E-state index in [1.165, 1.54) is 0 Å². The molecule has 1 aromatic rings. The van der Waals surface area contributed by atoms with Gasteiger partial charge in [0.25, 0.3) is 0 Å². The molecule has 1 aliphatic rings. The fourth-order valence-electron chi connectivity index (χ4n) is 2.44. The van der Waals surface area contributed by atoms with Crippen LogP contribution in [0.25, 0.3) is 0 Å². The van der Waals surface area contributed by atoms with E-state index in [2.05, 4.69) is 45.8 Å². The summed E-state index contributed by atoms with van der Waals surface area (Å²) in [6.07, 6.45) is 0. The van der Waals surface area contributed by atoms with Crippen molar-refractivity contribution < 1.29 is 4.74 Å². The second-order valence-electron chi connectivity index (χ2n) is 5.67. The Morgan fingerprint density at radius 3 is 2.96 bits per heavy atom. The number of nitrogens with zero attached hydrogens (tertiary/aromatic N) is 3. The molecule has 1 N–H and O–H groups in total. The number of hydrogen-bond donors (Lipinski definition) is 1. The Morgan fingerprint density at radius 2 is 2.30 bits per heavy atom. The van der Waals surface area contributed by atoms with Crippen LogP contribution in [0.5, 0.6) is 5.88 Å². The van der Waals surface area contributed by atoms with Gasteiger partial charge in [0.1, 0.15) is 0 Å². The predicted octanol–water partition coefficient (Wildman–Crippen LogP) is 2.86. The highest BCUT2D eigenvalue weighted by molar-refractivity contribution is 14.0. The second-order valence-corrected chi connectivity index (χ2v) is 7.02. The van der Waals surface area contributed by atoms with Gasteiger partial charge in [-0.3, -0.25) is 4.99 Å². The quantitative estimate of drug-likeness (QED) is 0.435. The summed E-state index contributed by atoms with van der Waals surface area (Å²) in [6.45, 7) is 7.32. The third kappa shape index (κ3) is 6.02. The van der Waals surface area contributed by atoms with Gasteiger partial charge < -0.3 is 15.0 Å². The van der Waals surface area contributed by atoms with Gasteiger partial charge in [0.05, 0.1) is 19.3 Å². The van der Waals surface area contributed by atoms with Gasteiger partial charge in [0.2, 0.25) is 5.88 Å². The molecule has 1 aromatic heterocycles. The van der Waals surface area contributed by atoms with Crippen LogP contribution in [0.4, 0.5) is 0 Å². The smallest absolute Gasteiger partial charge is 0.213 e. The number of halogens is 1. The van der Waals surface area contributed by atoms with E-state index >= 15 is 0 Å².